The fraction of sp³-hybridized carbons (Fsp3) is 0.312. The summed E-state index contributed by atoms with van der Waals surface area (Å²) in [6.45, 7) is 4.74. The van der Waals surface area contributed by atoms with E-state index >= 15 is 0 Å². The Morgan fingerprint density at radius 1 is 1.25 bits per heavy atom. The lowest BCUT2D eigenvalue weighted by molar-refractivity contribution is 0.0955. The third-order valence-electron chi connectivity index (χ3n) is 3.35. The Bertz CT molecular complexity index is 565. The van der Waals surface area contributed by atoms with E-state index in [1.807, 2.05) is 44.3 Å². The van der Waals surface area contributed by atoms with E-state index in [1.54, 1.807) is 0 Å². The molecule has 0 saturated heterocycles. The smallest absolute Gasteiger partial charge is 0.261 e. The zero-order valence-electron chi connectivity index (χ0n) is 12.1. The minimum absolute atomic E-state index is 0.0106. The van der Waals surface area contributed by atoms with Crippen LogP contribution in [0.4, 0.5) is 5.69 Å². The van der Waals surface area contributed by atoms with Gasteiger partial charge < -0.3 is 10.2 Å². The average Bonchev–Trinajstić information content (AvgIpc) is 2.91. The van der Waals surface area contributed by atoms with Crippen molar-refractivity contribution in [3.63, 3.8) is 0 Å². The van der Waals surface area contributed by atoms with E-state index in [0.717, 1.165) is 15.4 Å². The van der Waals surface area contributed by atoms with Crippen LogP contribution in [0, 0.1) is 6.92 Å². The molecule has 1 aromatic heterocycles. The van der Waals surface area contributed by atoms with Gasteiger partial charge in [0.25, 0.3) is 5.91 Å². The van der Waals surface area contributed by atoms with Crippen molar-refractivity contribution in [1.29, 1.82) is 0 Å². The SMILES string of the molecule is Cc1ccc(C(=O)NCC(C)N(C)c2ccccc2)s1. The molecule has 0 aliphatic rings. The molecular weight excluding hydrogens is 268 g/mol. The summed E-state index contributed by atoms with van der Waals surface area (Å²) in [4.78, 5) is 16.1. The molecule has 4 heteroatoms. The van der Waals surface area contributed by atoms with Gasteiger partial charge in [0.05, 0.1) is 4.88 Å². The quantitative estimate of drug-likeness (QED) is 0.915. The molecule has 3 nitrogen and oxygen atoms in total. The van der Waals surface area contributed by atoms with Crippen molar-refractivity contribution in [3.05, 3.63) is 52.2 Å². The Kier molecular flexibility index (Phi) is 4.79. The third kappa shape index (κ3) is 3.61. The summed E-state index contributed by atoms with van der Waals surface area (Å²) in [5.74, 6) is 0.0106. The highest BCUT2D eigenvalue weighted by Gasteiger charge is 2.13. The Labute approximate surface area is 124 Å². The van der Waals surface area contributed by atoms with E-state index in [-0.39, 0.29) is 11.9 Å². The van der Waals surface area contributed by atoms with Crippen molar-refractivity contribution in [2.45, 2.75) is 19.9 Å². The molecule has 0 bridgehead atoms. The fourth-order valence-corrected chi connectivity index (χ4v) is 2.72. The number of nitrogens with zero attached hydrogens (tertiary/aromatic N) is 1. The fourth-order valence-electron chi connectivity index (χ4n) is 1.94. The van der Waals surface area contributed by atoms with Crippen LogP contribution in [0.25, 0.3) is 0 Å². The highest BCUT2D eigenvalue weighted by atomic mass is 32.1. The number of thiophene rings is 1. The second kappa shape index (κ2) is 6.57. The van der Waals surface area contributed by atoms with E-state index < -0.39 is 0 Å². The lowest BCUT2D eigenvalue weighted by Crippen LogP contribution is -2.40. The van der Waals surface area contributed by atoms with Crippen LogP contribution in [-0.2, 0) is 0 Å². The minimum atomic E-state index is 0.0106. The molecule has 0 aliphatic carbocycles. The average molecular weight is 288 g/mol. The number of aryl methyl sites for hydroxylation is 1. The van der Waals surface area contributed by atoms with E-state index in [0.29, 0.717) is 6.54 Å². The number of hydrogen-bond donors (Lipinski definition) is 1. The second-order valence-corrected chi connectivity index (χ2v) is 6.20. The number of benzene rings is 1. The summed E-state index contributed by atoms with van der Waals surface area (Å²) in [6, 6.07) is 14.3. The minimum Gasteiger partial charge on any atom is -0.370 e. The van der Waals surface area contributed by atoms with Crippen LogP contribution in [0.5, 0.6) is 0 Å². The van der Waals surface area contributed by atoms with Crippen molar-refractivity contribution >= 4 is 22.9 Å². The maximum absolute atomic E-state index is 12.0. The predicted molar refractivity (Wildman–Crippen MR) is 85.7 cm³/mol. The normalized spacial score (nSPS) is 11.9. The number of anilines is 1. The largest absolute Gasteiger partial charge is 0.370 e. The standard InChI is InChI=1S/C16H20N2OS/c1-12(18(3)14-7-5-4-6-8-14)11-17-16(19)15-10-9-13(2)20-15/h4-10,12H,11H2,1-3H3,(H,17,19). The van der Waals surface area contributed by atoms with Crippen LogP contribution < -0.4 is 10.2 Å². The van der Waals surface area contributed by atoms with Gasteiger partial charge in [0.2, 0.25) is 0 Å². The molecule has 2 aromatic rings. The predicted octanol–water partition coefficient (Wildman–Crippen LogP) is 3.31. The van der Waals surface area contributed by atoms with Crippen LogP contribution in [0.3, 0.4) is 0 Å². The molecule has 106 valence electrons. The van der Waals surface area contributed by atoms with Crippen molar-refractivity contribution in [3.8, 4) is 0 Å². The molecule has 2 rings (SSSR count). The van der Waals surface area contributed by atoms with Gasteiger partial charge in [0, 0.05) is 30.2 Å². The first kappa shape index (κ1) is 14.6. The molecule has 1 heterocycles. The van der Waals surface area contributed by atoms with E-state index in [4.69, 9.17) is 0 Å². The number of rotatable bonds is 5. The molecule has 0 radical (unpaired) electrons. The second-order valence-electron chi connectivity index (χ2n) is 4.92. The summed E-state index contributed by atoms with van der Waals surface area (Å²) >= 11 is 1.53. The number of hydrogen-bond acceptors (Lipinski definition) is 3. The van der Waals surface area contributed by atoms with Crippen molar-refractivity contribution in [2.75, 3.05) is 18.5 Å². The van der Waals surface area contributed by atoms with Gasteiger partial charge in [0.1, 0.15) is 0 Å². The van der Waals surface area contributed by atoms with E-state index in [1.165, 1.54) is 11.3 Å². The third-order valence-corrected chi connectivity index (χ3v) is 4.35. The molecule has 0 fully saturated rings. The summed E-state index contributed by atoms with van der Waals surface area (Å²) in [5.41, 5.74) is 1.15. The number of likely N-dealkylation sites (N-methyl/N-ethyl adjacent to an activating group) is 1. The van der Waals surface area contributed by atoms with Gasteiger partial charge in [-0.15, -0.1) is 11.3 Å². The van der Waals surface area contributed by atoms with Crippen LogP contribution >= 0.6 is 11.3 Å². The van der Waals surface area contributed by atoms with Crippen molar-refractivity contribution in [1.82, 2.24) is 5.32 Å². The Hall–Kier alpha value is -1.81. The molecule has 0 saturated carbocycles. The maximum Gasteiger partial charge on any atom is 0.261 e. The highest BCUT2D eigenvalue weighted by Crippen LogP contribution is 2.16. The van der Waals surface area contributed by atoms with Crippen LogP contribution in [0.15, 0.2) is 42.5 Å². The van der Waals surface area contributed by atoms with Crippen molar-refractivity contribution in [2.24, 2.45) is 0 Å². The van der Waals surface area contributed by atoms with Crippen LogP contribution in [-0.4, -0.2) is 25.5 Å². The van der Waals surface area contributed by atoms with Gasteiger partial charge in [-0.2, -0.15) is 0 Å². The summed E-state index contributed by atoms with van der Waals surface area (Å²) < 4.78 is 0. The number of amides is 1. The molecule has 1 amide bonds. The lowest BCUT2D eigenvalue weighted by atomic mass is 10.2. The molecule has 1 aromatic carbocycles. The molecule has 1 N–H and O–H groups in total. The monoisotopic (exact) mass is 288 g/mol. The van der Waals surface area contributed by atoms with Gasteiger partial charge in [-0.05, 0) is 38.1 Å². The summed E-state index contributed by atoms with van der Waals surface area (Å²) in [6.07, 6.45) is 0. The number of carbonyl (C=O) groups excluding carboxylic acids is 1. The molecule has 0 aliphatic heterocycles. The van der Waals surface area contributed by atoms with Gasteiger partial charge in [0.15, 0.2) is 0 Å². The summed E-state index contributed by atoms with van der Waals surface area (Å²) in [5, 5.41) is 2.99. The first-order valence-electron chi connectivity index (χ1n) is 6.70. The topological polar surface area (TPSA) is 32.3 Å². The number of nitrogens with one attached hydrogen (secondary N) is 1. The van der Waals surface area contributed by atoms with Gasteiger partial charge >= 0.3 is 0 Å². The Morgan fingerprint density at radius 2 is 1.95 bits per heavy atom. The van der Waals surface area contributed by atoms with Crippen LogP contribution in [0.2, 0.25) is 0 Å². The van der Waals surface area contributed by atoms with Gasteiger partial charge in [-0.25, -0.2) is 0 Å². The molecule has 1 unspecified atom stereocenters. The van der Waals surface area contributed by atoms with E-state index in [9.17, 15) is 4.79 Å². The Balaban J connectivity index is 1.89. The zero-order chi connectivity index (χ0) is 14.5. The maximum atomic E-state index is 12.0. The molecule has 0 spiro atoms. The van der Waals surface area contributed by atoms with Crippen molar-refractivity contribution < 1.29 is 4.79 Å². The van der Waals surface area contributed by atoms with Gasteiger partial charge in [-0.3, -0.25) is 4.79 Å². The zero-order valence-corrected chi connectivity index (χ0v) is 12.9. The lowest BCUT2D eigenvalue weighted by Gasteiger charge is -2.27. The first-order valence-corrected chi connectivity index (χ1v) is 7.52. The van der Waals surface area contributed by atoms with E-state index in [2.05, 4.69) is 29.3 Å². The van der Waals surface area contributed by atoms with Gasteiger partial charge in [-0.1, -0.05) is 18.2 Å². The van der Waals surface area contributed by atoms with Crippen LogP contribution in [0.1, 0.15) is 21.5 Å². The molecular formula is C16H20N2OS. The number of carbonyl (C=O) groups is 1. The number of para-hydroxylation sites is 1. The first-order chi connectivity index (χ1) is 9.58. The molecule has 1 atom stereocenters. The highest BCUT2D eigenvalue weighted by molar-refractivity contribution is 7.13. The molecule has 20 heavy (non-hydrogen) atoms. The summed E-state index contributed by atoms with van der Waals surface area (Å²) in [7, 11) is 2.04. The Morgan fingerprint density at radius 3 is 2.55 bits per heavy atom.